The Labute approximate surface area is 182 Å². The topological polar surface area (TPSA) is 85.1 Å². The predicted octanol–water partition coefficient (Wildman–Crippen LogP) is 4.14. The number of thioether (sulfide) groups is 1. The fourth-order valence-electron chi connectivity index (χ4n) is 2.53. The Morgan fingerprint density at radius 1 is 1.21 bits per heavy atom. The standard InChI is InChI=1S/C19H18Cl2N6OS/c1-11-7-12(2)24-19(23-11)29-10-17(28)25-22-9-16-13(3)26-27(18(16)21)15-6-4-5-14(20)8-15/h4-9H,10H2,1-3H3,(H,25,28)/b22-9+. The summed E-state index contributed by atoms with van der Waals surface area (Å²) in [7, 11) is 0. The van der Waals surface area contributed by atoms with Gasteiger partial charge < -0.3 is 0 Å². The molecule has 1 aromatic carbocycles. The molecule has 0 unspecified atom stereocenters. The van der Waals surface area contributed by atoms with Gasteiger partial charge in [0, 0.05) is 16.4 Å². The molecular weight excluding hydrogens is 431 g/mol. The summed E-state index contributed by atoms with van der Waals surface area (Å²) < 4.78 is 1.57. The number of aromatic nitrogens is 4. The van der Waals surface area contributed by atoms with E-state index in [2.05, 4.69) is 25.6 Å². The van der Waals surface area contributed by atoms with Crippen molar-refractivity contribution in [3.8, 4) is 5.69 Å². The van der Waals surface area contributed by atoms with Crippen LogP contribution < -0.4 is 5.43 Å². The van der Waals surface area contributed by atoms with Crippen LogP contribution in [0.25, 0.3) is 5.69 Å². The number of amides is 1. The second-order valence-corrected chi connectivity index (χ2v) is 7.93. The molecule has 150 valence electrons. The lowest BCUT2D eigenvalue weighted by atomic mass is 10.3. The fraction of sp³-hybridized carbons (Fsp3) is 0.211. The summed E-state index contributed by atoms with van der Waals surface area (Å²) in [6.45, 7) is 5.58. The van der Waals surface area contributed by atoms with Crippen molar-refractivity contribution in [3.63, 3.8) is 0 Å². The molecule has 0 bridgehead atoms. The smallest absolute Gasteiger partial charge is 0.250 e. The van der Waals surface area contributed by atoms with Crippen molar-refractivity contribution in [2.45, 2.75) is 25.9 Å². The molecular formula is C19H18Cl2N6OS. The van der Waals surface area contributed by atoms with Crippen LogP contribution in [0.15, 0.2) is 40.6 Å². The Morgan fingerprint density at radius 3 is 2.62 bits per heavy atom. The Hall–Kier alpha value is -2.42. The van der Waals surface area contributed by atoms with E-state index in [4.69, 9.17) is 23.2 Å². The van der Waals surface area contributed by atoms with Gasteiger partial charge in [-0.25, -0.2) is 20.1 Å². The van der Waals surface area contributed by atoms with E-state index in [0.717, 1.165) is 17.1 Å². The monoisotopic (exact) mass is 448 g/mol. The van der Waals surface area contributed by atoms with Gasteiger partial charge in [-0.15, -0.1) is 0 Å². The minimum Gasteiger partial charge on any atom is -0.272 e. The van der Waals surface area contributed by atoms with Crippen LogP contribution in [0.4, 0.5) is 0 Å². The Kier molecular flexibility index (Phi) is 6.89. The minimum atomic E-state index is -0.273. The van der Waals surface area contributed by atoms with E-state index < -0.39 is 0 Å². The number of nitrogens with zero attached hydrogens (tertiary/aromatic N) is 5. The van der Waals surface area contributed by atoms with Gasteiger partial charge in [-0.1, -0.05) is 41.0 Å². The molecule has 0 atom stereocenters. The van der Waals surface area contributed by atoms with Gasteiger partial charge in [-0.3, -0.25) is 4.79 Å². The van der Waals surface area contributed by atoms with E-state index in [1.54, 1.807) is 16.8 Å². The van der Waals surface area contributed by atoms with E-state index in [0.29, 0.717) is 26.6 Å². The van der Waals surface area contributed by atoms with E-state index in [1.165, 1.54) is 18.0 Å². The highest BCUT2D eigenvalue weighted by Gasteiger charge is 2.13. The summed E-state index contributed by atoms with van der Waals surface area (Å²) >= 11 is 13.7. The van der Waals surface area contributed by atoms with Gasteiger partial charge in [-0.2, -0.15) is 10.2 Å². The molecule has 0 saturated carbocycles. The molecule has 3 rings (SSSR count). The molecule has 29 heavy (non-hydrogen) atoms. The molecule has 0 radical (unpaired) electrons. The third-order valence-corrected chi connectivity index (χ3v) is 5.22. The first-order valence-corrected chi connectivity index (χ1v) is 10.4. The van der Waals surface area contributed by atoms with E-state index >= 15 is 0 Å². The van der Waals surface area contributed by atoms with Crippen molar-refractivity contribution in [1.82, 2.24) is 25.2 Å². The summed E-state index contributed by atoms with van der Waals surface area (Å²) in [6.07, 6.45) is 1.47. The number of halogens is 2. The number of hydrogen-bond donors (Lipinski definition) is 1. The molecule has 0 saturated heterocycles. The van der Waals surface area contributed by atoms with Gasteiger partial charge in [-0.05, 0) is 45.0 Å². The minimum absolute atomic E-state index is 0.148. The summed E-state index contributed by atoms with van der Waals surface area (Å²) in [6, 6.07) is 9.07. The zero-order valence-electron chi connectivity index (χ0n) is 16.0. The molecule has 2 aromatic heterocycles. The zero-order chi connectivity index (χ0) is 21.0. The van der Waals surface area contributed by atoms with E-state index in [9.17, 15) is 4.79 Å². The number of benzene rings is 1. The molecule has 0 fully saturated rings. The molecule has 0 aliphatic heterocycles. The lowest BCUT2D eigenvalue weighted by molar-refractivity contribution is -0.118. The van der Waals surface area contributed by atoms with Crippen LogP contribution in [0.1, 0.15) is 22.6 Å². The lowest BCUT2D eigenvalue weighted by Crippen LogP contribution is -2.20. The van der Waals surface area contributed by atoms with Crippen LogP contribution in [0.5, 0.6) is 0 Å². The van der Waals surface area contributed by atoms with E-state index in [-0.39, 0.29) is 11.7 Å². The highest BCUT2D eigenvalue weighted by molar-refractivity contribution is 7.99. The maximum Gasteiger partial charge on any atom is 0.250 e. The summed E-state index contributed by atoms with van der Waals surface area (Å²) in [5.41, 5.74) is 6.22. The fourth-order valence-corrected chi connectivity index (χ4v) is 3.77. The molecule has 3 aromatic rings. The maximum atomic E-state index is 12.0. The third-order valence-electron chi connectivity index (χ3n) is 3.78. The summed E-state index contributed by atoms with van der Waals surface area (Å²) in [5, 5.41) is 9.92. The van der Waals surface area contributed by atoms with Gasteiger partial charge >= 0.3 is 0 Å². The molecule has 7 nitrogen and oxygen atoms in total. The first-order chi connectivity index (χ1) is 13.8. The zero-order valence-corrected chi connectivity index (χ0v) is 18.3. The maximum absolute atomic E-state index is 12.0. The van der Waals surface area contributed by atoms with Crippen molar-refractivity contribution >= 4 is 47.1 Å². The third kappa shape index (κ3) is 5.56. The average molecular weight is 449 g/mol. The summed E-state index contributed by atoms with van der Waals surface area (Å²) in [4.78, 5) is 20.6. The first-order valence-electron chi connectivity index (χ1n) is 8.61. The number of hydrazone groups is 1. The van der Waals surface area contributed by atoms with Gasteiger partial charge in [0.2, 0.25) is 0 Å². The van der Waals surface area contributed by atoms with Crippen molar-refractivity contribution in [3.05, 3.63) is 63.2 Å². The Morgan fingerprint density at radius 2 is 1.93 bits per heavy atom. The molecule has 1 N–H and O–H groups in total. The predicted molar refractivity (Wildman–Crippen MR) is 116 cm³/mol. The number of aryl methyl sites for hydroxylation is 3. The Bertz CT molecular complexity index is 1060. The lowest BCUT2D eigenvalue weighted by Gasteiger charge is -2.03. The molecule has 0 aliphatic carbocycles. The molecule has 10 heteroatoms. The van der Waals surface area contributed by atoms with Crippen LogP contribution in [-0.2, 0) is 4.79 Å². The molecule has 0 aliphatic rings. The Balaban J connectivity index is 1.63. The van der Waals surface area contributed by atoms with Gasteiger partial charge in [0.1, 0.15) is 5.15 Å². The van der Waals surface area contributed by atoms with Crippen molar-refractivity contribution in [1.29, 1.82) is 0 Å². The van der Waals surface area contributed by atoms with Gasteiger partial charge in [0.05, 0.1) is 28.9 Å². The van der Waals surface area contributed by atoms with E-state index in [1.807, 2.05) is 39.0 Å². The van der Waals surface area contributed by atoms with Crippen LogP contribution in [0, 0.1) is 20.8 Å². The van der Waals surface area contributed by atoms with Crippen LogP contribution in [0.3, 0.4) is 0 Å². The quantitative estimate of drug-likeness (QED) is 0.265. The second-order valence-electron chi connectivity index (χ2n) is 6.20. The van der Waals surface area contributed by atoms with Crippen molar-refractivity contribution in [2.75, 3.05) is 5.75 Å². The number of nitrogens with one attached hydrogen (secondary N) is 1. The SMILES string of the molecule is Cc1cc(C)nc(SCC(=O)N/N=C/c2c(C)nn(-c3cccc(Cl)c3)c2Cl)n1. The highest BCUT2D eigenvalue weighted by atomic mass is 35.5. The molecule has 0 spiro atoms. The number of rotatable bonds is 6. The number of carbonyl (C=O) groups is 1. The van der Waals surface area contributed by atoms with Gasteiger partial charge in [0.25, 0.3) is 5.91 Å². The van der Waals surface area contributed by atoms with Crippen LogP contribution >= 0.6 is 35.0 Å². The van der Waals surface area contributed by atoms with Crippen molar-refractivity contribution < 1.29 is 4.79 Å². The number of hydrogen-bond acceptors (Lipinski definition) is 6. The largest absolute Gasteiger partial charge is 0.272 e. The second kappa shape index (κ2) is 9.39. The van der Waals surface area contributed by atoms with Gasteiger partial charge in [0.15, 0.2) is 5.16 Å². The first kappa shape index (κ1) is 21.3. The summed E-state index contributed by atoms with van der Waals surface area (Å²) in [5.74, 6) is -0.126. The van der Waals surface area contributed by atoms with Crippen molar-refractivity contribution in [2.24, 2.45) is 5.10 Å². The molecule has 2 heterocycles. The van der Waals surface area contributed by atoms with Crippen LogP contribution in [0.2, 0.25) is 10.2 Å². The average Bonchev–Trinajstić information content (AvgIpc) is 2.94. The number of carbonyl (C=O) groups excluding carboxylic acids is 1. The van der Waals surface area contributed by atoms with Crippen LogP contribution in [-0.4, -0.2) is 37.6 Å². The highest BCUT2D eigenvalue weighted by Crippen LogP contribution is 2.23. The molecule has 1 amide bonds. The normalized spacial score (nSPS) is 11.2.